The second kappa shape index (κ2) is 6.35. The van der Waals surface area contributed by atoms with E-state index in [-0.39, 0.29) is 5.78 Å². The first-order valence-electron chi connectivity index (χ1n) is 5.71. The molecular formula is C13H18N2OS. The van der Waals surface area contributed by atoms with Crippen molar-refractivity contribution < 1.29 is 4.79 Å². The van der Waals surface area contributed by atoms with Crippen LogP contribution < -0.4 is 10.6 Å². The van der Waals surface area contributed by atoms with Gasteiger partial charge in [0.25, 0.3) is 0 Å². The number of nitrogens with one attached hydrogen (secondary N) is 2. The van der Waals surface area contributed by atoms with Crippen molar-refractivity contribution in [2.75, 3.05) is 5.32 Å². The van der Waals surface area contributed by atoms with E-state index in [1.54, 1.807) is 19.1 Å². The Morgan fingerprint density at radius 2 is 1.94 bits per heavy atom. The molecule has 0 spiro atoms. The van der Waals surface area contributed by atoms with Crippen molar-refractivity contribution in [1.29, 1.82) is 0 Å². The Balaban J connectivity index is 2.57. The minimum atomic E-state index is 0.0665. The molecule has 1 rings (SSSR count). The summed E-state index contributed by atoms with van der Waals surface area (Å²) in [5.74, 6) is 0.0665. The first-order valence-corrected chi connectivity index (χ1v) is 6.12. The van der Waals surface area contributed by atoms with Crippen molar-refractivity contribution in [3.05, 3.63) is 29.8 Å². The van der Waals surface area contributed by atoms with Gasteiger partial charge in [-0.15, -0.1) is 0 Å². The number of Topliss-reactive ketones (excluding diaryl/α,β-unsaturated/α-hetero) is 1. The van der Waals surface area contributed by atoms with Crippen LogP contribution in [0.4, 0.5) is 5.69 Å². The molecule has 0 fully saturated rings. The SMILES string of the molecule is CC[C@@H](C)NC(=S)Nc1ccc(C(C)=O)cc1. The molecular weight excluding hydrogens is 232 g/mol. The van der Waals surface area contributed by atoms with Crippen LogP contribution in [0.5, 0.6) is 0 Å². The van der Waals surface area contributed by atoms with E-state index in [2.05, 4.69) is 24.5 Å². The minimum Gasteiger partial charge on any atom is -0.360 e. The van der Waals surface area contributed by atoms with Gasteiger partial charge in [-0.25, -0.2) is 0 Å². The van der Waals surface area contributed by atoms with Crippen molar-refractivity contribution in [2.24, 2.45) is 0 Å². The van der Waals surface area contributed by atoms with E-state index in [9.17, 15) is 4.79 Å². The highest BCUT2D eigenvalue weighted by molar-refractivity contribution is 7.80. The monoisotopic (exact) mass is 250 g/mol. The highest BCUT2D eigenvalue weighted by Crippen LogP contribution is 2.10. The highest BCUT2D eigenvalue weighted by atomic mass is 32.1. The van der Waals surface area contributed by atoms with Gasteiger partial charge < -0.3 is 10.6 Å². The Kier molecular flexibility index (Phi) is 5.10. The van der Waals surface area contributed by atoms with E-state index in [0.717, 1.165) is 12.1 Å². The Morgan fingerprint density at radius 3 is 2.41 bits per heavy atom. The zero-order valence-electron chi connectivity index (χ0n) is 10.4. The van der Waals surface area contributed by atoms with Gasteiger partial charge in [-0.05, 0) is 56.8 Å². The normalized spacial score (nSPS) is 11.7. The summed E-state index contributed by atoms with van der Waals surface area (Å²) in [6.45, 7) is 5.73. The van der Waals surface area contributed by atoms with Crippen LogP contribution in [0, 0.1) is 0 Å². The summed E-state index contributed by atoms with van der Waals surface area (Å²) in [6, 6.07) is 7.63. The molecule has 1 atom stereocenters. The third-order valence-electron chi connectivity index (χ3n) is 2.54. The maximum atomic E-state index is 11.1. The summed E-state index contributed by atoms with van der Waals surface area (Å²) >= 11 is 5.17. The Labute approximate surface area is 108 Å². The van der Waals surface area contributed by atoms with Crippen LogP contribution in [0.25, 0.3) is 0 Å². The Bertz CT molecular complexity index is 400. The lowest BCUT2D eigenvalue weighted by Crippen LogP contribution is -2.35. The predicted octanol–water partition coefficient (Wildman–Crippen LogP) is 2.97. The lowest BCUT2D eigenvalue weighted by atomic mass is 10.1. The van der Waals surface area contributed by atoms with E-state index in [1.807, 2.05) is 12.1 Å². The second-order valence-corrected chi connectivity index (χ2v) is 4.45. The fraction of sp³-hybridized carbons (Fsp3) is 0.385. The first-order chi connectivity index (χ1) is 8.02. The Morgan fingerprint density at radius 1 is 1.35 bits per heavy atom. The van der Waals surface area contributed by atoms with Crippen LogP contribution in [-0.4, -0.2) is 16.9 Å². The summed E-state index contributed by atoms with van der Waals surface area (Å²) < 4.78 is 0. The van der Waals surface area contributed by atoms with E-state index in [4.69, 9.17) is 12.2 Å². The van der Waals surface area contributed by atoms with Crippen molar-refractivity contribution >= 4 is 28.8 Å². The maximum Gasteiger partial charge on any atom is 0.170 e. The van der Waals surface area contributed by atoms with Gasteiger partial charge in [0.1, 0.15) is 0 Å². The molecule has 0 amide bonds. The summed E-state index contributed by atoms with van der Waals surface area (Å²) in [6.07, 6.45) is 1.02. The smallest absolute Gasteiger partial charge is 0.170 e. The first kappa shape index (κ1) is 13.6. The number of rotatable bonds is 4. The summed E-state index contributed by atoms with van der Waals surface area (Å²) in [5, 5.41) is 6.86. The summed E-state index contributed by atoms with van der Waals surface area (Å²) in [5.41, 5.74) is 1.59. The van der Waals surface area contributed by atoms with E-state index in [0.29, 0.717) is 16.7 Å². The lowest BCUT2D eigenvalue weighted by molar-refractivity contribution is 0.101. The number of carbonyl (C=O) groups is 1. The second-order valence-electron chi connectivity index (χ2n) is 4.04. The van der Waals surface area contributed by atoms with Crippen LogP contribution in [0.1, 0.15) is 37.6 Å². The van der Waals surface area contributed by atoms with Gasteiger partial charge in [0, 0.05) is 17.3 Å². The number of anilines is 1. The number of thiocarbonyl (C=S) groups is 1. The van der Waals surface area contributed by atoms with Gasteiger partial charge in [0.2, 0.25) is 0 Å². The average Bonchev–Trinajstić information content (AvgIpc) is 2.29. The van der Waals surface area contributed by atoms with E-state index < -0.39 is 0 Å². The van der Waals surface area contributed by atoms with Gasteiger partial charge in [-0.3, -0.25) is 4.79 Å². The van der Waals surface area contributed by atoms with E-state index >= 15 is 0 Å². The van der Waals surface area contributed by atoms with Crippen molar-refractivity contribution in [3.8, 4) is 0 Å². The molecule has 0 saturated heterocycles. The molecule has 0 heterocycles. The summed E-state index contributed by atoms with van der Waals surface area (Å²) in [7, 11) is 0. The van der Waals surface area contributed by atoms with Gasteiger partial charge in [0.15, 0.2) is 10.9 Å². The number of ketones is 1. The zero-order valence-corrected chi connectivity index (χ0v) is 11.2. The van der Waals surface area contributed by atoms with Crippen LogP contribution >= 0.6 is 12.2 Å². The molecule has 1 aromatic carbocycles. The maximum absolute atomic E-state index is 11.1. The fourth-order valence-corrected chi connectivity index (χ4v) is 1.60. The quantitative estimate of drug-likeness (QED) is 0.637. The van der Waals surface area contributed by atoms with Crippen LogP contribution in [0.15, 0.2) is 24.3 Å². The fourth-order valence-electron chi connectivity index (χ4n) is 1.28. The third-order valence-corrected chi connectivity index (χ3v) is 2.76. The molecule has 0 aliphatic carbocycles. The van der Waals surface area contributed by atoms with Gasteiger partial charge in [-0.1, -0.05) is 6.92 Å². The molecule has 0 radical (unpaired) electrons. The molecule has 92 valence electrons. The summed E-state index contributed by atoms with van der Waals surface area (Å²) in [4.78, 5) is 11.1. The van der Waals surface area contributed by atoms with Gasteiger partial charge in [0.05, 0.1) is 0 Å². The van der Waals surface area contributed by atoms with Crippen LogP contribution in [0.3, 0.4) is 0 Å². The van der Waals surface area contributed by atoms with Gasteiger partial charge in [-0.2, -0.15) is 0 Å². The van der Waals surface area contributed by atoms with Crippen molar-refractivity contribution in [3.63, 3.8) is 0 Å². The number of hydrogen-bond acceptors (Lipinski definition) is 2. The molecule has 0 aliphatic heterocycles. The third kappa shape index (κ3) is 4.53. The molecule has 0 bridgehead atoms. The van der Waals surface area contributed by atoms with Crippen molar-refractivity contribution in [1.82, 2.24) is 5.32 Å². The lowest BCUT2D eigenvalue weighted by Gasteiger charge is -2.15. The predicted molar refractivity (Wildman–Crippen MR) is 75.6 cm³/mol. The van der Waals surface area contributed by atoms with E-state index in [1.165, 1.54) is 0 Å². The molecule has 4 heteroatoms. The number of carbonyl (C=O) groups excluding carboxylic acids is 1. The molecule has 0 aliphatic rings. The molecule has 1 aromatic rings. The standard InChI is InChI=1S/C13H18N2OS/c1-4-9(2)14-13(17)15-12-7-5-11(6-8-12)10(3)16/h5-9H,4H2,1-3H3,(H2,14,15,17)/t9-/m1/s1. The molecule has 0 saturated carbocycles. The average molecular weight is 250 g/mol. The number of benzene rings is 1. The topological polar surface area (TPSA) is 41.1 Å². The number of hydrogen-bond donors (Lipinski definition) is 2. The van der Waals surface area contributed by atoms with Crippen LogP contribution in [0.2, 0.25) is 0 Å². The largest absolute Gasteiger partial charge is 0.360 e. The molecule has 17 heavy (non-hydrogen) atoms. The highest BCUT2D eigenvalue weighted by Gasteiger charge is 2.03. The molecule has 0 aromatic heterocycles. The minimum absolute atomic E-state index is 0.0665. The molecule has 3 nitrogen and oxygen atoms in total. The zero-order chi connectivity index (χ0) is 12.8. The van der Waals surface area contributed by atoms with Gasteiger partial charge >= 0.3 is 0 Å². The Hall–Kier alpha value is -1.42. The van der Waals surface area contributed by atoms with Crippen LogP contribution in [-0.2, 0) is 0 Å². The van der Waals surface area contributed by atoms with Crippen molar-refractivity contribution in [2.45, 2.75) is 33.2 Å². The molecule has 0 unspecified atom stereocenters. The molecule has 2 N–H and O–H groups in total.